The van der Waals surface area contributed by atoms with E-state index in [9.17, 15) is 4.55 Å². The molecule has 0 N–H and O–H groups in total. The Balaban J connectivity index is 2.32. The van der Waals surface area contributed by atoms with Crippen LogP contribution in [0.3, 0.4) is 0 Å². The van der Waals surface area contributed by atoms with Gasteiger partial charge in [-0.05, 0) is 48.2 Å². The quantitative estimate of drug-likeness (QED) is 0.389. The maximum atomic E-state index is 13.6. The first-order chi connectivity index (χ1) is 12.1. The molecule has 0 radical (unpaired) electrons. The predicted octanol–water partition coefficient (Wildman–Crippen LogP) is 3.91. The minimum absolute atomic E-state index is 0.638. The van der Waals surface area contributed by atoms with Crippen molar-refractivity contribution in [2.45, 2.75) is 4.90 Å². The molecule has 1 unspecified atom stereocenters. The second-order valence-electron chi connectivity index (χ2n) is 5.39. The summed E-state index contributed by atoms with van der Waals surface area (Å²) in [6, 6.07) is 26.4. The Bertz CT molecular complexity index is 966. The van der Waals surface area contributed by atoms with Gasteiger partial charge in [-0.1, -0.05) is 54.6 Å². The summed E-state index contributed by atoms with van der Waals surface area (Å²) in [4.78, 5) is 0.638. The molecular weight excluding hydrogens is 365 g/mol. The molecule has 25 heavy (non-hydrogen) atoms. The van der Waals surface area contributed by atoms with Crippen molar-refractivity contribution in [1.82, 2.24) is 0 Å². The van der Waals surface area contributed by atoms with Gasteiger partial charge in [0.15, 0.2) is 0 Å². The van der Waals surface area contributed by atoms with Gasteiger partial charge in [-0.25, -0.2) is 4.36 Å². The maximum absolute atomic E-state index is 13.6. The average molecular weight is 383 g/mol. The van der Waals surface area contributed by atoms with Gasteiger partial charge in [-0.15, -0.1) is 0 Å². The Hall–Kier alpha value is -1.80. The van der Waals surface area contributed by atoms with E-state index in [1.165, 1.54) is 0 Å². The second-order valence-corrected chi connectivity index (χ2v) is 11.9. The van der Waals surface area contributed by atoms with Crippen molar-refractivity contribution in [2.24, 2.45) is 4.36 Å². The van der Waals surface area contributed by atoms with E-state index < -0.39 is 15.7 Å². The molecule has 0 saturated carbocycles. The van der Waals surface area contributed by atoms with Crippen LogP contribution in [0.1, 0.15) is 0 Å². The minimum Gasteiger partial charge on any atom is -0.751 e. The van der Waals surface area contributed by atoms with E-state index in [0.29, 0.717) is 4.90 Å². The zero-order valence-electron chi connectivity index (χ0n) is 13.8. The van der Waals surface area contributed by atoms with Crippen LogP contribution in [0.15, 0.2) is 100 Å². The summed E-state index contributed by atoms with van der Waals surface area (Å²) in [7, 11) is -1.27. The zero-order valence-corrected chi connectivity index (χ0v) is 16.3. The third-order valence-corrected chi connectivity index (χ3v) is 11.2. The van der Waals surface area contributed by atoms with Gasteiger partial charge in [-0.3, -0.25) is 0 Å². The van der Waals surface area contributed by atoms with Gasteiger partial charge in [0.25, 0.3) is 11.1 Å². The molecule has 0 aliphatic carbocycles. The van der Waals surface area contributed by atoms with E-state index >= 15 is 0 Å². The molecule has 0 aromatic heterocycles. The predicted molar refractivity (Wildman–Crippen MR) is 113 cm³/mol. The zero-order chi connectivity index (χ0) is 17.8. The fourth-order valence-corrected chi connectivity index (χ4v) is 9.35. The van der Waals surface area contributed by atoms with Gasteiger partial charge in [-0.2, -0.15) is 0 Å². The van der Waals surface area contributed by atoms with Gasteiger partial charge >= 0.3 is 0 Å². The minimum atomic E-state index is -2.84. The molecule has 3 rings (SSSR count). The summed E-state index contributed by atoms with van der Waals surface area (Å²) < 4.78 is 17.8. The first-order valence-electron chi connectivity index (χ1n) is 7.79. The third kappa shape index (κ3) is 3.74. The van der Waals surface area contributed by atoms with Crippen molar-refractivity contribution in [3.8, 4) is 0 Å². The number of hydrogen-bond donors (Lipinski definition) is 0. The fraction of sp³-hybridized carbons (Fsp3) is 0.0500. The van der Waals surface area contributed by atoms with Crippen molar-refractivity contribution < 1.29 is 4.55 Å². The Morgan fingerprint density at radius 1 is 0.800 bits per heavy atom. The highest BCUT2D eigenvalue weighted by Gasteiger charge is 2.34. The van der Waals surface area contributed by atoms with Gasteiger partial charge < -0.3 is 4.55 Å². The van der Waals surface area contributed by atoms with Crippen molar-refractivity contribution in [1.29, 1.82) is 0 Å². The monoisotopic (exact) mass is 383 g/mol. The smallest absolute Gasteiger partial charge is 0.290 e. The molecule has 0 spiro atoms. The first-order valence-corrected chi connectivity index (χ1v) is 12.1. The molecule has 1 atom stereocenters. The van der Waals surface area contributed by atoms with Crippen LogP contribution < -0.4 is 10.6 Å². The summed E-state index contributed by atoms with van der Waals surface area (Å²) in [6.07, 6.45) is 0. The van der Waals surface area contributed by atoms with Crippen LogP contribution in [0.2, 0.25) is 0 Å². The topological polar surface area (TPSA) is 35.4 Å². The molecule has 0 saturated heterocycles. The van der Waals surface area contributed by atoms with E-state index in [2.05, 4.69) is 9.47 Å². The Morgan fingerprint density at radius 2 is 1.20 bits per heavy atom. The lowest BCUT2D eigenvalue weighted by molar-refractivity contribution is 0.600. The summed E-state index contributed by atoms with van der Waals surface area (Å²) >= 11 is 6.11. The largest absolute Gasteiger partial charge is 0.751 e. The molecule has 0 bridgehead atoms. The highest BCUT2D eigenvalue weighted by atomic mass is 32.4. The summed E-state index contributed by atoms with van der Waals surface area (Å²) in [5.74, 6) is 0. The highest BCUT2D eigenvalue weighted by Crippen LogP contribution is 2.42. The van der Waals surface area contributed by atoms with Crippen LogP contribution in [0.25, 0.3) is 0 Å². The highest BCUT2D eigenvalue weighted by molar-refractivity contribution is 8.34. The molecule has 126 valence electrons. The molecule has 0 fully saturated rings. The van der Waals surface area contributed by atoms with Crippen LogP contribution in [0.5, 0.6) is 0 Å². The SMILES string of the molecule is CN=S([O-])(=[C+]P(=S)(c1ccccc1)c1ccccc1)c1ccccc1. The van der Waals surface area contributed by atoms with Crippen LogP contribution in [0.4, 0.5) is 0 Å². The van der Waals surface area contributed by atoms with Crippen LogP contribution in [-0.2, 0) is 21.5 Å². The van der Waals surface area contributed by atoms with Crippen LogP contribution >= 0.6 is 6.04 Å². The molecule has 0 aliphatic heterocycles. The Kier molecular flexibility index (Phi) is 5.48. The summed E-state index contributed by atoms with van der Waals surface area (Å²) in [5.41, 5.74) is 0. The number of benzene rings is 3. The van der Waals surface area contributed by atoms with E-state index in [0.717, 1.165) is 10.6 Å². The van der Waals surface area contributed by atoms with Gasteiger partial charge in [0.05, 0.1) is 0 Å². The van der Waals surface area contributed by atoms with Gasteiger partial charge in [0, 0.05) is 32.2 Å². The maximum Gasteiger partial charge on any atom is 0.290 e. The third-order valence-electron chi connectivity index (χ3n) is 3.81. The lowest BCUT2D eigenvalue weighted by Crippen LogP contribution is -2.19. The fourth-order valence-electron chi connectivity index (χ4n) is 2.51. The molecule has 3 aromatic carbocycles. The molecule has 0 heterocycles. The molecule has 0 aliphatic rings. The molecule has 2 nitrogen and oxygen atoms in total. The standard InChI is InChI=1S/C20H18NOPS2/c1-21-25(22,20-15-9-4-10-16-20)17-23(24,18-11-5-2-6-12-18)19-13-7-3-8-14-19/h2-16H,1H3. The van der Waals surface area contributed by atoms with Gasteiger partial charge in [0.1, 0.15) is 0 Å². The number of nitrogens with zero attached hydrogens (tertiary/aromatic N) is 1. The average Bonchev–Trinajstić information content (AvgIpc) is 2.70. The molecular formula is C20H18NOPS2. The summed E-state index contributed by atoms with van der Waals surface area (Å²) in [5, 5.41) is 5.22. The van der Waals surface area contributed by atoms with Crippen molar-refractivity contribution in [3.63, 3.8) is 0 Å². The Morgan fingerprint density at radius 3 is 1.60 bits per heavy atom. The first kappa shape index (κ1) is 18.0. The molecule has 5 heteroatoms. The van der Waals surface area contributed by atoms with E-state index in [4.69, 9.17) is 11.8 Å². The lowest BCUT2D eigenvalue weighted by atomic mass is 10.4. The van der Waals surface area contributed by atoms with E-state index in [1.807, 2.05) is 91.0 Å². The van der Waals surface area contributed by atoms with Crippen molar-refractivity contribution >= 4 is 43.3 Å². The number of rotatable bonds is 4. The van der Waals surface area contributed by atoms with Crippen LogP contribution in [0, 0.1) is 0 Å². The molecule has 3 aromatic rings. The lowest BCUT2D eigenvalue weighted by Gasteiger charge is -2.16. The summed E-state index contributed by atoms with van der Waals surface area (Å²) in [6.45, 7) is 0. The van der Waals surface area contributed by atoms with E-state index in [1.54, 1.807) is 7.05 Å². The number of hydrogen-bond acceptors (Lipinski definition) is 3. The van der Waals surface area contributed by atoms with Crippen molar-refractivity contribution in [3.05, 3.63) is 91.0 Å². The van der Waals surface area contributed by atoms with Crippen LogP contribution in [-0.4, -0.2) is 16.7 Å². The van der Waals surface area contributed by atoms with Gasteiger partial charge in [0.2, 0.25) is 0 Å². The normalized spacial score (nSPS) is 13.5. The second kappa shape index (κ2) is 7.61. The molecule has 0 amide bonds. The Labute approximate surface area is 155 Å². The van der Waals surface area contributed by atoms with E-state index in [-0.39, 0.29) is 0 Å². The van der Waals surface area contributed by atoms with Crippen molar-refractivity contribution in [2.75, 3.05) is 7.05 Å².